The highest BCUT2D eigenvalue weighted by atomic mass is 32.2. The van der Waals surface area contributed by atoms with E-state index in [1.807, 2.05) is 66.7 Å². The van der Waals surface area contributed by atoms with Crippen molar-refractivity contribution in [2.75, 3.05) is 5.75 Å². The maximum atomic E-state index is 10.6. The third-order valence-corrected chi connectivity index (χ3v) is 4.23. The maximum Gasteiger partial charge on any atom is 0.188 e. The smallest absolute Gasteiger partial charge is 0.188 e. The van der Waals surface area contributed by atoms with Crippen LogP contribution in [0.3, 0.4) is 0 Å². The fourth-order valence-corrected chi connectivity index (χ4v) is 3.01. The number of aromatic nitrogens is 2. The second kappa shape index (κ2) is 7.75. The quantitative estimate of drug-likeness (QED) is 0.512. The highest BCUT2D eigenvalue weighted by Gasteiger charge is 2.09. The number of carboxylic acid groups (broad SMARTS) is 1. The lowest BCUT2D eigenvalue weighted by Crippen LogP contribution is -2.22. The molecule has 0 saturated heterocycles. The first-order valence-electron chi connectivity index (χ1n) is 7.55. The Bertz CT molecular complexity index is 766. The van der Waals surface area contributed by atoms with E-state index in [-0.39, 0.29) is 6.42 Å². The van der Waals surface area contributed by atoms with E-state index in [9.17, 15) is 9.90 Å². The van der Waals surface area contributed by atoms with Crippen molar-refractivity contribution >= 4 is 17.7 Å². The van der Waals surface area contributed by atoms with Gasteiger partial charge >= 0.3 is 0 Å². The number of hydrogen-bond donors (Lipinski definition) is 0. The van der Waals surface area contributed by atoms with Crippen LogP contribution in [-0.4, -0.2) is 21.7 Å². The van der Waals surface area contributed by atoms with Crippen molar-refractivity contribution in [3.8, 4) is 22.5 Å². The van der Waals surface area contributed by atoms with E-state index >= 15 is 0 Å². The molecule has 120 valence electrons. The van der Waals surface area contributed by atoms with Crippen LogP contribution in [-0.2, 0) is 4.79 Å². The van der Waals surface area contributed by atoms with Gasteiger partial charge in [-0.25, -0.2) is 9.97 Å². The molecule has 4 nitrogen and oxygen atoms in total. The van der Waals surface area contributed by atoms with Crippen LogP contribution in [0.25, 0.3) is 22.5 Å². The molecule has 0 saturated carbocycles. The van der Waals surface area contributed by atoms with E-state index in [1.54, 1.807) is 0 Å². The molecular formula is C19H15N2O2S-. The average molecular weight is 335 g/mol. The Labute approximate surface area is 144 Å². The van der Waals surface area contributed by atoms with Crippen LogP contribution in [0.15, 0.2) is 71.9 Å². The van der Waals surface area contributed by atoms with Crippen LogP contribution in [0, 0.1) is 0 Å². The molecule has 0 aliphatic carbocycles. The van der Waals surface area contributed by atoms with Gasteiger partial charge in [0.1, 0.15) is 0 Å². The van der Waals surface area contributed by atoms with Gasteiger partial charge in [-0.15, -0.1) is 0 Å². The molecule has 0 aliphatic rings. The molecular weight excluding hydrogens is 320 g/mol. The highest BCUT2D eigenvalue weighted by molar-refractivity contribution is 7.99. The minimum absolute atomic E-state index is 0.0236. The summed E-state index contributed by atoms with van der Waals surface area (Å²) >= 11 is 1.32. The van der Waals surface area contributed by atoms with E-state index in [0.29, 0.717) is 10.9 Å². The van der Waals surface area contributed by atoms with Crippen LogP contribution in [0.1, 0.15) is 6.42 Å². The van der Waals surface area contributed by atoms with Crippen LogP contribution >= 0.6 is 11.8 Å². The molecule has 0 N–H and O–H groups in total. The van der Waals surface area contributed by atoms with Gasteiger partial charge in [0.15, 0.2) is 5.16 Å². The van der Waals surface area contributed by atoms with E-state index in [1.165, 1.54) is 11.8 Å². The largest absolute Gasteiger partial charge is 0.550 e. The van der Waals surface area contributed by atoms with E-state index < -0.39 is 5.97 Å². The summed E-state index contributed by atoms with van der Waals surface area (Å²) in [5.74, 6) is -0.681. The lowest BCUT2D eigenvalue weighted by atomic mass is 10.1. The summed E-state index contributed by atoms with van der Waals surface area (Å²) in [7, 11) is 0. The number of rotatable bonds is 6. The summed E-state index contributed by atoms with van der Waals surface area (Å²) in [6.45, 7) is 0. The second-order valence-corrected chi connectivity index (χ2v) is 6.19. The van der Waals surface area contributed by atoms with Gasteiger partial charge in [-0.05, 0) is 12.5 Å². The van der Waals surface area contributed by atoms with Crippen LogP contribution in [0.5, 0.6) is 0 Å². The maximum absolute atomic E-state index is 10.6. The van der Waals surface area contributed by atoms with Gasteiger partial charge in [-0.3, -0.25) is 0 Å². The summed E-state index contributed by atoms with van der Waals surface area (Å²) in [6.07, 6.45) is -0.0236. The van der Waals surface area contributed by atoms with Crippen molar-refractivity contribution in [1.29, 1.82) is 0 Å². The summed E-state index contributed by atoms with van der Waals surface area (Å²) in [6, 6.07) is 21.7. The molecule has 0 radical (unpaired) electrons. The molecule has 5 heteroatoms. The lowest BCUT2D eigenvalue weighted by Gasteiger charge is -2.09. The standard InChI is InChI=1S/C19H16N2O2S/c22-18(23)11-12-24-19-20-16(14-7-3-1-4-8-14)13-17(21-19)15-9-5-2-6-10-15/h1-10,13H,11-12H2,(H,22,23)/p-1. The molecule has 0 amide bonds. The zero-order chi connectivity index (χ0) is 16.8. The Morgan fingerprint density at radius 1 is 0.875 bits per heavy atom. The minimum Gasteiger partial charge on any atom is -0.550 e. The minimum atomic E-state index is -1.06. The molecule has 1 heterocycles. The Morgan fingerprint density at radius 3 is 1.83 bits per heavy atom. The third-order valence-electron chi connectivity index (χ3n) is 3.38. The van der Waals surface area contributed by atoms with E-state index in [0.717, 1.165) is 22.5 Å². The summed E-state index contributed by atoms with van der Waals surface area (Å²) in [5.41, 5.74) is 3.64. The fourth-order valence-electron chi connectivity index (χ4n) is 2.23. The Hall–Kier alpha value is -2.66. The SMILES string of the molecule is O=C([O-])CCSc1nc(-c2ccccc2)cc(-c2ccccc2)n1. The Morgan fingerprint density at radius 2 is 1.38 bits per heavy atom. The second-order valence-electron chi connectivity index (χ2n) is 5.12. The topological polar surface area (TPSA) is 65.9 Å². The first-order chi connectivity index (χ1) is 11.7. The molecule has 2 aromatic carbocycles. The lowest BCUT2D eigenvalue weighted by molar-refractivity contribution is -0.305. The molecule has 0 fully saturated rings. The van der Waals surface area contributed by atoms with Gasteiger partial charge in [-0.2, -0.15) is 0 Å². The fraction of sp³-hybridized carbons (Fsp3) is 0.105. The van der Waals surface area contributed by atoms with Gasteiger partial charge < -0.3 is 9.90 Å². The van der Waals surface area contributed by atoms with Crippen LogP contribution in [0.4, 0.5) is 0 Å². The number of carboxylic acids is 1. The highest BCUT2D eigenvalue weighted by Crippen LogP contribution is 2.26. The molecule has 0 aliphatic heterocycles. The number of benzene rings is 2. The van der Waals surface area contributed by atoms with Crippen molar-refractivity contribution in [2.24, 2.45) is 0 Å². The Kier molecular flexibility index (Phi) is 5.23. The van der Waals surface area contributed by atoms with Crippen LogP contribution in [0.2, 0.25) is 0 Å². The number of hydrogen-bond acceptors (Lipinski definition) is 5. The van der Waals surface area contributed by atoms with Crippen molar-refractivity contribution in [2.45, 2.75) is 11.6 Å². The molecule has 3 aromatic rings. The molecule has 1 aromatic heterocycles. The van der Waals surface area contributed by atoms with Gasteiger partial charge in [0.2, 0.25) is 0 Å². The zero-order valence-electron chi connectivity index (χ0n) is 12.9. The Balaban J connectivity index is 1.98. The van der Waals surface area contributed by atoms with Crippen molar-refractivity contribution < 1.29 is 9.90 Å². The van der Waals surface area contributed by atoms with E-state index in [2.05, 4.69) is 9.97 Å². The number of carbonyl (C=O) groups is 1. The summed E-state index contributed by atoms with van der Waals surface area (Å²) in [4.78, 5) is 19.7. The predicted molar refractivity (Wildman–Crippen MR) is 93.3 cm³/mol. The van der Waals surface area contributed by atoms with Crippen molar-refractivity contribution in [3.05, 3.63) is 66.7 Å². The number of thioether (sulfide) groups is 1. The van der Waals surface area contributed by atoms with Crippen molar-refractivity contribution in [1.82, 2.24) is 9.97 Å². The van der Waals surface area contributed by atoms with Gasteiger partial charge in [0, 0.05) is 22.8 Å². The third kappa shape index (κ3) is 4.20. The first-order valence-corrected chi connectivity index (χ1v) is 8.53. The predicted octanol–water partition coefficient (Wildman–Crippen LogP) is 3.04. The summed E-state index contributed by atoms with van der Waals surface area (Å²) < 4.78 is 0. The van der Waals surface area contributed by atoms with Gasteiger partial charge in [0.25, 0.3) is 0 Å². The number of nitrogens with zero attached hydrogens (tertiary/aromatic N) is 2. The molecule has 0 atom stereocenters. The van der Waals surface area contributed by atoms with Gasteiger partial charge in [0.05, 0.1) is 11.4 Å². The normalized spacial score (nSPS) is 10.5. The zero-order valence-corrected chi connectivity index (χ0v) is 13.7. The monoisotopic (exact) mass is 335 g/mol. The van der Waals surface area contributed by atoms with E-state index in [4.69, 9.17) is 0 Å². The molecule has 24 heavy (non-hydrogen) atoms. The first kappa shape index (κ1) is 16.2. The molecule has 0 bridgehead atoms. The van der Waals surface area contributed by atoms with Crippen molar-refractivity contribution in [3.63, 3.8) is 0 Å². The number of carbonyl (C=O) groups excluding carboxylic acids is 1. The van der Waals surface area contributed by atoms with Crippen LogP contribution < -0.4 is 5.11 Å². The average Bonchev–Trinajstić information content (AvgIpc) is 2.63. The summed E-state index contributed by atoms with van der Waals surface area (Å²) in [5, 5.41) is 11.2. The number of aliphatic carboxylic acids is 1. The van der Waals surface area contributed by atoms with Gasteiger partial charge in [-0.1, -0.05) is 72.4 Å². The molecule has 0 unspecified atom stereocenters. The molecule has 3 rings (SSSR count). The molecule has 0 spiro atoms.